The van der Waals surface area contributed by atoms with Crippen molar-refractivity contribution in [2.24, 2.45) is 0 Å². The first kappa shape index (κ1) is 16.9. The Morgan fingerprint density at radius 3 is 1.73 bits per heavy atom. The molecule has 59 valence electrons. The molecule has 0 aliphatic carbocycles. The standard InChI is InChI=1S/CH2BNO3.HNO3.Y/c2-1-6-3(4)5;2-1(3)4;/h1H2;(H,2,3,4);. The average Bonchev–Trinajstić information content (AvgIpc) is 1.62. The van der Waals surface area contributed by atoms with Crippen molar-refractivity contribution in [3.05, 3.63) is 20.2 Å². The summed E-state index contributed by atoms with van der Waals surface area (Å²) >= 11 is 0. The zero-order valence-electron chi connectivity index (χ0n) is 5.24. The summed E-state index contributed by atoms with van der Waals surface area (Å²) in [5.41, 5.74) is 0. The second-order valence-electron chi connectivity index (χ2n) is 0.757. The Balaban J connectivity index is -0.000000114. The van der Waals surface area contributed by atoms with Gasteiger partial charge in [0, 0.05) is 32.7 Å². The molecule has 0 saturated heterocycles. The Labute approximate surface area is 87.4 Å². The van der Waals surface area contributed by atoms with E-state index in [1.807, 2.05) is 0 Å². The molecule has 0 spiro atoms. The molecule has 3 radical (unpaired) electrons. The summed E-state index contributed by atoms with van der Waals surface area (Å²) in [4.78, 5) is 21.0. The normalized spacial score (nSPS) is 6.18. The Morgan fingerprint density at radius 2 is 1.73 bits per heavy atom. The number of nitrogens with zero attached hydrogens (tertiary/aromatic N) is 2. The van der Waals surface area contributed by atoms with Crippen LogP contribution in [0.1, 0.15) is 0 Å². The van der Waals surface area contributed by atoms with Crippen LogP contribution in [-0.4, -0.2) is 29.7 Å². The molecule has 0 saturated carbocycles. The molecule has 8 nitrogen and oxygen atoms in total. The van der Waals surface area contributed by atoms with Crippen LogP contribution in [0.3, 0.4) is 0 Å². The second kappa shape index (κ2) is 12.3. The van der Waals surface area contributed by atoms with E-state index in [9.17, 15) is 0 Å². The van der Waals surface area contributed by atoms with Gasteiger partial charge >= 0.3 is 0 Å². The fraction of sp³-hybridized carbons (Fsp3) is 1.00. The summed E-state index contributed by atoms with van der Waals surface area (Å²) in [6.45, 7) is -0.368. The van der Waals surface area contributed by atoms with E-state index in [0.29, 0.717) is 0 Å². The van der Waals surface area contributed by atoms with E-state index in [2.05, 4.69) is 12.7 Å². The molecule has 0 aromatic carbocycles. The minimum absolute atomic E-state index is 0. The molecule has 0 rings (SSSR count). The van der Waals surface area contributed by atoms with Gasteiger partial charge < -0.3 is 10.0 Å². The van der Waals surface area contributed by atoms with E-state index in [-0.39, 0.29) is 39.2 Å². The predicted molar refractivity (Wildman–Crippen MR) is 27.5 cm³/mol. The van der Waals surface area contributed by atoms with Crippen LogP contribution in [0.2, 0.25) is 0 Å². The van der Waals surface area contributed by atoms with Gasteiger partial charge in [0.05, 0.1) is 6.51 Å². The summed E-state index contributed by atoms with van der Waals surface area (Å²) in [5.74, 6) is 0. The molecule has 11 heavy (non-hydrogen) atoms. The van der Waals surface area contributed by atoms with Crippen molar-refractivity contribution in [2.45, 2.75) is 0 Å². The maximum absolute atomic E-state index is 9.10. The fourth-order valence-electron chi connectivity index (χ4n) is 0.0609. The van der Waals surface area contributed by atoms with E-state index in [1.165, 1.54) is 0 Å². The molecule has 1 N–H and O–H groups in total. The molecule has 0 aliphatic rings. The third-order valence-electron chi connectivity index (χ3n) is 0.180. The van der Waals surface area contributed by atoms with Crippen LogP contribution in [0.5, 0.6) is 0 Å². The first-order valence-electron chi connectivity index (χ1n) is 1.81. The number of hydrogen-bond acceptors (Lipinski definition) is 5. The van der Waals surface area contributed by atoms with Gasteiger partial charge in [-0.05, 0) is 0 Å². The second-order valence-corrected chi connectivity index (χ2v) is 0.757. The van der Waals surface area contributed by atoms with Gasteiger partial charge in [0.2, 0.25) is 0 Å². The van der Waals surface area contributed by atoms with Crippen molar-refractivity contribution in [1.82, 2.24) is 0 Å². The van der Waals surface area contributed by atoms with E-state index in [4.69, 9.17) is 25.4 Å². The first-order chi connectivity index (χ1) is 4.50. The molecule has 0 heterocycles. The monoisotopic (exact) mass is 239 g/mol. The summed E-state index contributed by atoms with van der Waals surface area (Å²) in [5, 5.41) is 21.8. The van der Waals surface area contributed by atoms with E-state index in [1.54, 1.807) is 0 Å². The fourth-order valence-corrected chi connectivity index (χ4v) is 0.0609. The Kier molecular flexibility index (Phi) is 18.8. The smallest absolute Gasteiger partial charge is 0.293 e. The van der Waals surface area contributed by atoms with Crippen molar-refractivity contribution in [3.8, 4) is 0 Å². The quantitative estimate of drug-likeness (QED) is 0.374. The zero-order valence-corrected chi connectivity index (χ0v) is 8.08. The first-order valence-corrected chi connectivity index (χ1v) is 1.81. The van der Waals surface area contributed by atoms with Crippen LogP contribution in [0, 0.1) is 20.2 Å². The minimum atomic E-state index is -1.50. The van der Waals surface area contributed by atoms with Gasteiger partial charge in [0.1, 0.15) is 7.85 Å². The van der Waals surface area contributed by atoms with E-state index in [0.717, 1.165) is 0 Å². The molecule has 0 unspecified atom stereocenters. The van der Waals surface area contributed by atoms with Crippen LogP contribution in [-0.2, 0) is 37.5 Å². The summed E-state index contributed by atoms with van der Waals surface area (Å²) in [7, 11) is 4.57. The van der Waals surface area contributed by atoms with Crippen molar-refractivity contribution in [3.63, 3.8) is 0 Å². The zero-order chi connectivity index (χ0) is 8.57. The topological polar surface area (TPSA) is 116 Å². The molecule has 0 fully saturated rings. The Bertz CT molecular complexity index is 115. The van der Waals surface area contributed by atoms with Crippen LogP contribution in [0.4, 0.5) is 0 Å². The van der Waals surface area contributed by atoms with Crippen molar-refractivity contribution < 1.29 is 52.9 Å². The molecule has 0 bridgehead atoms. The largest absolute Gasteiger partial charge is 0.328 e. The van der Waals surface area contributed by atoms with Crippen LogP contribution in [0.15, 0.2) is 0 Å². The van der Waals surface area contributed by atoms with Gasteiger partial charge in [0.25, 0.3) is 10.2 Å². The summed E-state index contributed by atoms with van der Waals surface area (Å²) in [6.07, 6.45) is 0. The number of rotatable bonds is 2. The molecule has 0 aromatic rings. The molecule has 0 aromatic heterocycles. The SMILES string of the molecule is O=[N+]([O-])O.[B]CO[N+](=O)[O-].[Y]. The van der Waals surface area contributed by atoms with Crippen LogP contribution in [0.25, 0.3) is 0 Å². The summed E-state index contributed by atoms with van der Waals surface area (Å²) < 4.78 is 0. The van der Waals surface area contributed by atoms with Crippen molar-refractivity contribution >= 4 is 7.85 Å². The van der Waals surface area contributed by atoms with Crippen LogP contribution >= 0.6 is 0 Å². The molecule has 0 atom stereocenters. The third-order valence-corrected chi connectivity index (χ3v) is 0.180. The predicted octanol–water partition coefficient (Wildman–Crippen LogP) is -1.03. The van der Waals surface area contributed by atoms with Gasteiger partial charge in [-0.25, -0.2) is 0 Å². The molecular weight excluding hydrogens is 236 g/mol. The Hall–Kier alpha value is -0.431. The van der Waals surface area contributed by atoms with E-state index < -0.39 is 10.2 Å². The third kappa shape index (κ3) is 83.1. The number of hydrogen-bond donors (Lipinski definition) is 1. The van der Waals surface area contributed by atoms with Gasteiger partial charge in [-0.1, -0.05) is 0 Å². The Morgan fingerprint density at radius 1 is 1.45 bits per heavy atom. The molecule has 0 amide bonds. The van der Waals surface area contributed by atoms with Crippen molar-refractivity contribution in [1.29, 1.82) is 0 Å². The molecular formula is CH3BN2O6Y. The minimum Gasteiger partial charge on any atom is -0.328 e. The maximum Gasteiger partial charge on any atom is 0.293 e. The summed E-state index contributed by atoms with van der Waals surface area (Å²) in [6, 6.07) is 0. The van der Waals surface area contributed by atoms with Crippen LogP contribution < -0.4 is 0 Å². The van der Waals surface area contributed by atoms with E-state index >= 15 is 0 Å². The molecule has 10 heteroatoms. The van der Waals surface area contributed by atoms with Gasteiger partial charge in [-0.3, -0.25) is 0 Å². The van der Waals surface area contributed by atoms with Gasteiger partial charge in [0.15, 0.2) is 0 Å². The average molecular weight is 239 g/mol. The molecule has 0 aliphatic heterocycles. The van der Waals surface area contributed by atoms with Crippen molar-refractivity contribution in [2.75, 3.05) is 6.51 Å². The van der Waals surface area contributed by atoms with Gasteiger partial charge in [-0.15, -0.1) is 20.2 Å². The van der Waals surface area contributed by atoms with Gasteiger partial charge in [-0.2, -0.15) is 0 Å². The maximum atomic E-state index is 9.10.